The Morgan fingerprint density at radius 2 is 2.11 bits per heavy atom. The van der Waals surface area contributed by atoms with Gasteiger partial charge in [-0.3, -0.25) is 4.79 Å². The number of carbonyl (C=O) groups excluding carboxylic acids is 1. The van der Waals surface area contributed by atoms with Crippen molar-refractivity contribution in [3.05, 3.63) is 25.0 Å². The van der Waals surface area contributed by atoms with E-state index in [1.807, 2.05) is 0 Å². The molecule has 3 nitrogen and oxygen atoms in total. The second-order valence-electron chi connectivity index (χ2n) is 1.50. The van der Waals surface area contributed by atoms with E-state index in [9.17, 15) is 4.79 Å². The van der Waals surface area contributed by atoms with Crippen LogP contribution >= 0.6 is 0 Å². The van der Waals surface area contributed by atoms with Crippen LogP contribution in [0.3, 0.4) is 0 Å². The van der Waals surface area contributed by atoms with Gasteiger partial charge < -0.3 is 10.2 Å². The lowest BCUT2D eigenvalue weighted by molar-refractivity contribution is -0.121. The summed E-state index contributed by atoms with van der Waals surface area (Å²) in [4.78, 5) is 10.4. The molecule has 0 spiro atoms. The fraction of sp³-hybridized carbons (Fsp3) is 0.167. The van der Waals surface area contributed by atoms with Gasteiger partial charge >= 0.3 is 0 Å². The van der Waals surface area contributed by atoms with Crippen molar-refractivity contribution >= 4 is 5.78 Å². The van der Waals surface area contributed by atoms with Crippen LogP contribution in [0.15, 0.2) is 25.0 Å². The van der Waals surface area contributed by atoms with Gasteiger partial charge in [-0.1, -0.05) is 13.2 Å². The number of aliphatic hydroxyl groups excluding tert-OH is 2. The highest BCUT2D eigenvalue weighted by molar-refractivity contribution is 5.94. The quantitative estimate of drug-likeness (QED) is 0.421. The highest BCUT2D eigenvalue weighted by Gasteiger charge is 2.13. The lowest BCUT2D eigenvalue weighted by Crippen LogP contribution is -2.19. The highest BCUT2D eigenvalue weighted by atomic mass is 16.3. The monoisotopic (exact) mass is 128 g/mol. The highest BCUT2D eigenvalue weighted by Crippen LogP contribution is 1.95. The van der Waals surface area contributed by atoms with Crippen LogP contribution in [0.5, 0.6) is 0 Å². The fourth-order valence-corrected chi connectivity index (χ4v) is 0.276. The first kappa shape index (κ1) is 7.91. The first-order chi connectivity index (χ1) is 4.09. The standard InChI is InChI=1S/C6H8O3/c1-3-5(8)6(9)4(2)7/h3,6-7,9H,1-2H2. The molecule has 0 heterocycles. The number of hydrogen-bond acceptors (Lipinski definition) is 3. The summed E-state index contributed by atoms with van der Waals surface area (Å²) in [7, 11) is 0. The summed E-state index contributed by atoms with van der Waals surface area (Å²) in [6.45, 7) is 6.06. The maximum absolute atomic E-state index is 10.4. The summed E-state index contributed by atoms with van der Waals surface area (Å²) >= 11 is 0. The van der Waals surface area contributed by atoms with Gasteiger partial charge in [0.25, 0.3) is 0 Å². The number of aliphatic hydroxyl groups is 2. The molecule has 1 atom stereocenters. The predicted octanol–water partition coefficient (Wildman–Crippen LogP) is 0.174. The molecule has 3 heteroatoms. The lowest BCUT2D eigenvalue weighted by Gasteiger charge is -2.01. The number of carbonyl (C=O) groups is 1. The predicted molar refractivity (Wildman–Crippen MR) is 33.0 cm³/mol. The van der Waals surface area contributed by atoms with Crippen LogP contribution in [-0.4, -0.2) is 22.1 Å². The van der Waals surface area contributed by atoms with Crippen molar-refractivity contribution in [2.45, 2.75) is 6.10 Å². The minimum Gasteiger partial charge on any atom is -0.510 e. The third-order valence-corrected chi connectivity index (χ3v) is 0.786. The summed E-state index contributed by atoms with van der Waals surface area (Å²) < 4.78 is 0. The van der Waals surface area contributed by atoms with Gasteiger partial charge in [0.2, 0.25) is 0 Å². The van der Waals surface area contributed by atoms with E-state index in [2.05, 4.69) is 13.2 Å². The number of hydrogen-bond donors (Lipinski definition) is 2. The smallest absolute Gasteiger partial charge is 0.191 e. The molecule has 50 valence electrons. The zero-order valence-corrected chi connectivity index (χ0v) is 4.87. The average molecular weight is 128 g/mol. The molecule has 0 bridgehead atoms. The molecule has 0 amide bonds. The molecule has 0 saturated carbocycles. The molecule has 1 unspecified atom stereocenters. The summed E-state index contributed by atoms with van der Waals surface area (Å²) in [6.07, 6.45) is -0.589. The summed E-state index contributed by atoms with van der Waals surface area (Å²) in [5.74, 6) is -1.21. The van der Waals surface area contributed by atoms with Crippen LogP contribution in [0.2, 0.25) is 0 Å². The van der Waals surface area contributed by atoms with Crippen LogP contribution in [0.25, 0.3) is 0 Å². The van der Waals surface area contributed by atoms with Crippen LogP contribution in [0, 0.1) is 0 Å². The zero-order valence-electron chi connectivity index (χ0n) is 4.87. The summed E-state index contributed by atoms with van der Waals surface area (Å²) in [6, 6.07) is 0. The molecule has 0 aromatic carbocycles. The van der Waals surface area contributed by atoms with Crippen molar-refractivity contribution in [2.24, 2.45) is 0 Å². The fourth-order valence-electron chi connectivity index (χ4n) is 0.276. The zero-order chi connectivity index (χ0) is 7.44. The molecule has 0 radical (unpaired) electrons. The Hall–Kier alpha value is -1.09. The number of ketones is 1. The van der Waals surface area contributed by atoms with E-state index in [1.54, 1.807) is 0 Å². The van der Waals surface area contributed by atoms with Gasteiger partial charge in [-0.05, 0) is 6.08 Å². The first-order valence-electron chi connectivity index (χ1n) is 2.31. The van der Waals surface area contributed by atoms with Gasteiger partial charge in [-0.25, -0.2) is 0 Å². The minimum absolute atomic E-state index is 0.556. The molecular formula is C6H8O3. The van der Waals surface area contributed by atoms with Crippen molar-refractivity contribution in [3.63, 3.8) is 0 Å². The van der Waals surface area contributed by atoms with E-state index in [4.69, 9.17) is 10.2 Å². The van der Waals surface area contributed by atoms with Crippen LogP contribution in [0.4, 0.5) is 0 Å². The Balaban J connectivity index is 4.03. The SMILES string of the molecule is C=CC(=O)C(O)C(=C)O. The normalized spacial score (nSPS) is 12.1. The van der Waals surface area contributed by atoms with Crippen molar-refractivity contribution in [3.8, 4) is 0 Å². The van der Waals surface area contributed by atoms with Crippen LogP contribution in [0.1, 0.15) is 0 Å². The molecule has 0 aliphatic heterocycles. The first-order valence-corrected chi connectivity index (χ1v) is 2.31. The van der Waals surface area contributed by atoms with Crippen molar-refractivity contribution in [1.29, 1.82) is 0 Å². The van der Waals surface area contributed by atoms with E-state index < -0.39 is 17.6 Å². The molecule has 0 aromatic rings. The maximum atomic E-state index is 10.4. The Morgan fingerprint density at radius 3 is 2.22 bits per heavy atom. The van der Waals surface area contributed by atoms with Crippen LogP contribution in [-0.2, 0) is 4.79 Å². The average Bonchev–Trinajstić information content (AvgIpc) is 1.84. The van der Waals surface area contributed by atoms with Gasteiger partial charge in [0.05, 0.1) is 0 Å². The van der Waals surface area contributed by atoms with E-state index in [-0.39, 0.29) is 0 Å². The molecule has 0 aliphatic rings. The molecule has 0 saturated heterocycles. The van der Waals surface area contributed by atoms with E-state index in [1.165, 1.54) is 0 Å². The third kappa shape index (κ3) is 2.10. The van der Waals surface area contributed by atoms with Gasteiger partial charge in [-0.15, -0.1) is 0 Å². The van der Waals surface area contributed by atoms with E-state index >= 15 is 0 Å². The molecular weight excluding hydrogens is 120 g/mol. The topological polar surface area (TPSA) is 57.5 Å². The van der Waals surface area contributed by atoms with Crippen LogP contribution < -0.4 is 0 Å². The van der Waals surface area contributed by atoms with Gasteiger partial charge in [0.15, 0.2) is 11.9 Å². The van der Waals surface area contributed by atoms with Crippen molar-refractivity contribution in [2.75, 3.05) is 0 Å². The summed E-state index contributed by atoms with van der Waals surface area (Å²) in [5, 5.41) is 17.0. The largest absolute Gasteiger partial charge is 0.510 e. The maximum Gasteiger partial charge on any atom is 0.191 e. The Morgan fingerprint density at radius 1 is 1.67 bits per heavy atom. The second kappa shape index (κ2) is 3.04. The molecule has 0 aliphatic carbocycles. The molecule has 0 fully saturated rings. The Bertz CT molecular complexity index is 148. The van der Waals surface area contributed by atoms with Crippen molar-refractivity contribution < 1.29 is 15.0 Å². The second-order valence-corrected chi connectivity index (χ2v) is 1.50. The molecule has 0 rings (SSSR count). The number of rotatable bonds is 3. The lowest BCUT2D eigenvalue weighted by atomic mass is 10.2. The van der Waals surface area contributed by atoms with Gasteiger partial charge in [-0.2, -0.15) is 0 Å². The molecule has 0 aromatic heterocycles. The van der Waals surface area contributed by atoms with Gasteiger partial charge in [0.1, 0.15) is 5.76 Å². The Kier molecular flexibility index (Phi) is 2.67. The molecule has 2 N–H and O–H groups in total. The van der Waals surface area contributed by atoms with Gasteiger partial charge in [0, 0.05) is 0 Å². The third-order valence-electron chi connectivity index (χ3n) is 0.786. The summed E-state index contributed by atoms with van der Waals surface area (Å²) in [5.41, 5.74) is 0. The van der Waals surface area contributed by atoms with E-state index in [0.717, 1.165) is 6.08 Å². The van der Waals surface area contributed by atoms with E-state index in [0.29, 0.717) is 0 Å². The van der Waals surface area contributed by atoms with Crippen molar-refractivity contribution in [1.82, 2.24) is 0 Å². The minimum atomic E-state index is -1.51. The Labute approximate surface area is 52.9 Å². The molecule has 9 heavy (non-hydrogen) atoms.